The van der Waals surface area contributed by atoms with Crippen molar-refractivity contribution in [2.75, 3.05) is 5.32 Å². The Kier molecular flexibility index (Phi) is 3.95. The van der Waals surface area contributed by atoms with Crippen LogP contribution in [0.25, 0.3) is 0 Å². The second-order valence-corrected chi connectivity index (χ2v) is 4.56. The molecule has 18 heavy (non-hydrogen) atoms. The fraction of sp³-hybridized carbons (Fsp3) is 0.133. The summed E-state index contributed by atoms with van der Waals surface area (Å²) in [6, 6.07) is 15.8. The van der Waals surface area contributed by atoms with E-state index in [-0.39, 0.29) is 0 Å². The van der Waals surface area contributed by atoms with Crippen LogP contribution in [0.15, 0.2) is 48.5 Å². The second-order valence-electron chi connectivity index (χ2n) is 4.19. The molecule has 3 heteroatoms. The lowest BCUT2D eigenvalue weighted by molar-refractivity contribution is 0.563. The van der Waals surface area contributed by atoms with Crippen LogP contribution in [0, 0.1) is 13.8 Å². The van der Waals surface area contributed by atoms with Crippen molar-refractivity contribution in [1.29, 1.82) is 0 Å². The van der Waals surface area contributed by atoms with Gasteiger partial charge in [0.05, 0.1) is 0 Å². The lowest BCUT2D eigenvalue weighted by Gasteiger charge is -2.09. The zero-order chi connectivity index (χ0) is 13.0. The van der Waals surface area contributed by atoms with Crippen LogP contribution in [0.5, 0.6) is 5.75 Å². The highest BCUT2D eigenvalue weighted by Crippen LogP contribution is 2.14. The predicted molar refractivity (Wildman–Crippen MR) is 79.2 cm³/mol. The molecule has 0 aromatic heterocycles. The highest BCUT2D eigenvalue weighted by atomic mass is 32.1. The van der Waals surface area contributed by atoms with E-state index in [1.807, 2.05) is 62.4 Å². The second kappa shape index (κ2) is 5.65. The molecule has 0 bridgehead atoms. The Hall–Kier alpha value is -1.87. The lowest BCUT2D eigenvalue weighted by Crippen LogP contribution is -2.16. The summed E-state index contributed by atoms with van der Waals surface area (Å²) >= 11 is 5.15. The van der Waals surface area contributed by atoms with Gasteiger partial charge >= 0.3 is 0 Å². The molecule has 0 aliphatic heterocycles. The third-order valence-electron chi connectivity index (χ3n) is 2.53. The van der Waals surface area contributed by atoms with Crippen LogP contribution in [0.2, 0.25) is 0 Å². The predicted octanol–water partition coefficient (Wildman–Crippen LogP) is 4.08. The summed E-state index contributed by atoms with van der Waals surface area (Å²) in [6.45, 7) is 4.08. The van der Waals surface area contributed by atoms with E-state index < -0.39 is 0 Å². The number of anilines is 1. The van der Waals surface area contributed by atoms with Crippen LogP contribution in [0.1, 0.15) is 11.1 Å². The zero-order valence-corrected chi connectivity index (χ0v) is 11.3. The zero-order valence-electron chi connectivity index (χ0n) is 10.4. The summed E-state index contributed by atoms with van der Waals surface area (Å²) in [5, 5.41) is 3.39. The molecule has 0 aliphatic rings. The van der Waals surface area contributed by atoms with Gasteiger partial charge in [-0.15, -0.1) is 0 Å². The topological polar surface area (TPSA) is 21.3 Å². The Bertz CT molecular complexity index is 482. The average molecular weight is 257 g/mol. The molecule has 0 saturated carbocycles. The van der Waals surface area contributed by atoms with E-state index in [1.165, 1.54) is 11.1 Å². The third-order valence-corrected chi connectivity index (χ3v) is 2.71. The SMILES string of the molecule is Cc1ccc(NC(=S)Oc2ccc(C)cc2)cc1. The Labute approximate surface area is 113 Å². The highest BCUT2D eigenvalue weighted by Gasteiger charge is 2.00. The van der Waals surface area contributed by atoms with Gasteiger partial charge in [-0.05, 0) is 50.3 Å². The molecule has 2 rings (SSSR count). The molecule has 0 amide bonds. The minimum absolute atomic E-state index is 0.350. The van der Waals surface area contributed by atoms with Crippen LogP contribution >= 0.6 is 12.2 Å². The van der Waals surface area contributed by atoms with E-state index in [1.54, 1.807) is 0 Å². The molecule has 0 radical (unpaired) electrons. The van der Waals surface area contributed by atoms with Gasteiger partial charge in [-0.3, -0.25) is 0 Å². The first kappa shape index (κ1) is 12.6. The van der Waals surface area contributed by atoms with Crippen LogP contribution in [0.3, 0.4) is 0 Å². The summed E-state index contributed by atoms with van der Waals surface area (Å²) in [7, 11) is 0. The average Bonchev–Trinajstić information content (AvgIpc) is 2.35. The van der Waals surface area contributed by atoms with E-state index in [4.69, 9.17) is 17.0 Å². The first-order chi connectivity index (χ1) is 8.63. The smallest absolute Gasteiger partial charge is 0.266 e. The first-order valence-corrected chi connectivity index (χ1v) is 6.16. The van der Waals surface area contributed by atoms with Gasteiger partial charge in [0, 0.05) is 5.69 Å². The number of nitrogens with one attached hydrogen (secondary N) is 1. The Morgan fingerprint density at radius 1 is 0.889 bits per heavy atom. The van der Waals surface area contributed by atoms with E-state index in [9.17, 15) is 0 Å². The normalized spacial score (nSPS) is 9.89. The third kappa shape index (κ3) is 3.57. The molecule has 2 nitrogen and oxygen atoms in total. The van der Waals surface area contributed by atoms with Gasteiger partial charge in [-0.25, -0.2) is 0 Å². The molecule has 2 aromatic rings. The van der Waals surface area contributed by atoms with Crippen molar-refractivity contribution in [3.63, 3.8) is 0 Å². The monoisotopic (exact) mass is 257 g/mol. The van der Waals surface area contributed by atoms with E-state index in [0.29, 0.717) is 5.17 Å². The Balaban J connectivity index is 1.96. The summed E-state index contributed by atoms with van der Waals surface area (Å²) in [5.74, 6) is 0.741. The molecule has 1 N–H and O–H groups in total. The molecule has 0 fully saturated rings. The molecule has 2 aromatic carbocycles. The highest BCUT2D eigenvalue weighted by molar-refractivity contribution is 7.80. The van der Waals surface area contributed by atoms with Gasteiger partial charge in [-0.1, -0.05) is 35.4 Å². The van der Waals surface area contributed by atoms with Crippen LogP contribution in [0.4, 0.5) is 5.69 Å². The molecule has 0 saturated heterocycles. The van der Waals surface area contributed by atoms with Gasteiger partial charge in [0.15, 0.2) is 0 Å². The first-order valence-electron chi connectivity index (χ1n) is 5.76. The van der Waals surface area contributed by atoms with Gasteiger partial charge < -0.3 is 10.1 Å². The summed E-state index contributed by atoms with van der Waals surface area (Å²) in [6.07, 6.45) is 0. The lowest BCUT2D eigenvalue weighted by atomic mass is 10.2. The van der Waals surface area contributed by atoms with Gasteiger partial charge in [0.1, 0.15) is 5.75 Å². The standard InChI is InChI=1S/C15H15NOS/c1-11-3-7-13(8-4-11)16-15(18)17-14-9-5-12(2)6-10-14/h3-10H,1-2H3,(H,16,18). The van der Waals surface area contributed by atoms with Gasteiger partial charge in [0.25, 0.3) is 5.17 Å². The van der Waals surface area contributed by atoms with Crippen molar-refractivity contribution in [2.24, 2.45) is 0 Å². The number of hydrogen-bond donors (Lipinski definition) is 1. The van der Waals surface area contributed by atoms with Gasteiger partial charge in [0.2, 0.25) is 0 Å². The van der Waals surface area contributed by atoms with Crippen LogP contribution in [-0.2, 0) is 0 Å². The number of hydrogen-bond acceptors (Lipinski definition) is 2. The van der Waals surface area contributed by atoms with Crippen LogP contribution < -0.4 is 10.1 Å². The van der Waals surface area contributed by atoms with E-state index in [0.717, 1.165) is 11.4 Å². The fourth-order valence-electron chi connectivity index (χ4n) is 1.49. The molecule has 0 spiro atoms. The molecule has 92 valence electrons. The summed E-state index contributed by atoms with van der Waals surface area (Å²) in [5.41, 5.74) is 3.34. The molecule has 0 heterocycles. The van der Waals surface area contributed by atoms with Crippen molar-refractivity contribution in [3.05, 3.63) is 59.7 Å². The van der Waals surface area contributed by atoms with Crippen LogP contribution in [-0.4, -0.2) is 5.17 Å². The van der Waals surface area contributed by atoms with Gasteiger partial charge in [-0.2, -0.15) is 0 Å². The molecule has 0 atom stereocenters. The molecule has 0 aliphatic carbocycles. The van der Waals surface area contributed by atoms with Crippen molar-refractivity contribution >= 4 is 23.1 Å². The fourth-order valence-corrected chi connectivity index (χ4v) is 1.71. The van der Waals surface area contributed by atoms with E-state index >= 15 is 0 Å². The molecular formula is C15H15NOS. The molecule has 0 unspecified atom stereocenters. The number of ether oxygens (including phenoxy) is 1. The van der Waals surface area contributed by atoms with E-state index in [2.05, 4.69) is 5.32 Å². The minimum atomic E-state index is 0.350. The number of aryl methyl sites for hydroxylation is 2. The number of thiocarbonyl (C=S) groups is 1. The largest absolute Gasteiger partial charge is 0.432 e. The van der Waals surface area contributed by atoms with Crippen molar-refractivity contribution in [2.45, 2.75) is 13.8 Å². The number of benzene rings is 2. The van der Waals surface area contributed by atoms with Crippen molar-refractivity contribution < 1.29 is 4.74 Å². The number of rotatable bonds is 2. The maximum Gasteiger partial charge on any atom is 0.266 e. The minimum Gasteiger partial charge on any atom is -0.432 e. The summed E-state index contributed by atoms with van der Waals surface area (Å²) in [4.78, 5) is 0. The quantitative estimate of drug-likeness (QED) is 0.819. The Morgan fingerprint density at radius 2 is 1.39 bits per heavy atom. The van der Waals surface area contributed by atoms with Crippen molar-refractivity contribution in [3.8, 4) is 5.75 Å². The summed E-state index contributed by atoms with van der Waals surface area (Å²) < 4.78 is 5.52. The maximum absolute atomic E-state index is 5.52. The maximum atomic E-state index is 5.52. The molecular weight excluding hydrogens is 242 g/mol. The Morgan fingerprint density at radius 3 is 1.94 bits per heavy atom. The van der Waals surface area contributed by atoms with Crippen molar-refractivity contribution in [1.82, 2.24) is 0 Å².